The van der Waals surface area contributed by atoms with E-state index in [0.717, 1.165) is 6.08 Å². The molecule has 0 spiro atoms. The lowest BCUT2D eigenvalue weighted by molar-refractivity contribution is -0.131. The Labute approximate surface area is 115 Å². The molecule has 0 saturated carbocycles. The molecule has 6 heteroatoms. The molecule has 0 bridgehead atoms. The van der Waals surface area contributed by atoms with Gasteiger partial charge in [-0.3, -0.25) is 0 Å². The lowest BCUT2D eigenvalue weighted by Crippen LogP contribution is -1.94. The Balaban J connectivity index is 3.26. The number of hydrogen-bond acceptors (Lipinski definition) is 3. The maximum absolute atomic E-state index is 10.5. The maximum atomic E-state index is 10.5. The van der Waals surface area contributed by atoms with E-state index in [9.17, 15) is 9.90 Å². The van der Waals surface area contributed by atoms with Gasteiger partial charge in [-0.2, -0.15) is 0 Å². The Bertz CT molecular complexity index is 469. The summed E-state index contributed by atoms with van der Waals surface area (Å²) in [5.74, 6) is -0.766. The van der Waals surface area contributed by atoms with Crippen LogP contribution in [0.3, 0.4) is 0 Å². The molecule has 0 radical (unpaired) electrons. The predicted molar refractivity (Wildman–Crippen MR) is 71.3 cm³/mol. The molecule has 0 aliphatic rings. The van der Waals surface area contributed by atoms with Crippen molar-refractivity contribution in [2.24, 2.45) is 0 Å². The van der Waals surface area contributed by atoms with E-state index in [0.29, 0.717) is 26.9 Å². The topological polar surface area (TPSA) is 66.8 Å². The molecule has 0 atom stereocenters. The summed E-state index contributed by atoms with van der Waals surface area (Å²) in [5, 5.41) is 18.3. The van der Waals surface area contributed by atoms with Gasteiger partial charge in [0.05, 0.1) is 11.1 Å². The largest absolute Gasteiger partial charge is 0.503 e. The van der Waals surface area contributed by atoms with Gasteiger partial charge in [0.25, 0.3) is 0 Å². The molecule has 1 rings (SSSR count). The Kier molecular flexibility index (Phi) is 5.02. The van der Waals surface area contributed by atoms with E-state index in [1.54, 1.807) is 13.0 Å². The van der Waals surface area contributed by atoms with E-state index < -0.39 is 5.97 Å². The number of rotatable bonds is 4. The van der Waals surface area contributed by atoms with Gasteiger partial charge in [0.1, 0.15) is 0 Å². The number of halogens is 2. The number of hydrogen-bond donors (Lipinski definition) is 2. The smallest absolute Gasteiger partial charge is 0.328 e. The number of carboxylic acids is 1. The highest BCUT2D eigenvalue weighted by Gasteiger charge is 2.13. The number of carboxylic acid groups (broad SMARTS) is 1. The first-order valence-electron chi connectivity index (χ1n) is 4.72. The summed E-state index contributed by atoms with van der Waals surface area (Å²) in [6, 6.07) is 1.56. The fraction of sp³-hybridized carbons (Fsp3) is 0.182. The van der Waals surface area contributed by atoms with Crippen LogP contribution in [-0.2, 0) is 4.79 Å². The summed E-state index contributed by atoms with van der Waals surface area (Å²) < 4.78 is 6.23. The lowest BCUT2D eigenvalue weighted by atomic mass is 10.2. The molecule has 0 unspecified atom stereocenters. The molecule has 0 amide bonds. The molecule has 0 saturated heterocycles. The second-order valence-electron chi connectivity index (χ2n) is 3.05. The molecule has 2 N–H and O–H groups in total. The Hall–Kier alpha value is -1.01. The number of ether oxygens (including phenoxy) is 1. The van der Waals surface area contributed by atoms with Crippen LogP contribution < -0.4 is 4.74 Å². The van der Waals surface area contributed by atoms with Gasteiger partial charge in [-0.1, -0.05) is 0 Å². The highest BCUT2D eigenvalue weighted by Crippen LogP contribution is 2.42. The van der Waals surface area contributed by atoms with Crippen molar-refractivity contribution >= 4 is 43.9 Å². The second-order valence-corrected chi connectivity index (χ2v) is 4.63. The quantitative estimate of drug-likeness (QED) is 0.802. The number of phenols is 1. The lowest BCUT2D eigenvalue weighted by Gasteiger charge is -2.11. The monoisotopic (exact) mass is 364 g/mol. The average Bonchev–Trinajstić information content (AvgIpc) is 2.28. The Morgan fingerprint density at radius 1 is 1.47 bits per heavy atom. The predicted octanol–water partition coefficient (Wildman–Crippen LogP) is 3.41. The van der Waals surface area contributed by atoms with Gasteiger partial charge in [0.15, 0.2) is 11.5 Å². The van der Waals surface area contributed by atoms with Crippen molar-refractivity contribution in [2.75, 3.05) is 6.61 Å². The summed E-state index contributed by atoms with van der Waals surface area (Å²) in [6.07, 6.45) is 2.43. The van der Waals surface area contributed by atoms with E-state index >= 15 is 0 Å². The Morgan fingerprint density at radius 2 is 2.12 bits per heavy atom. The standard InChI is InChI=1S/C11H10Br2O4/c1-2-17-7-5-6(3-4-8(14)15)9(12)10(13)11(7)16/h3-5,16H,2H2,1H3,(H,14,15). The molecule has 1 aromatic rings. The first kappa shape index (κ1) is 14.1. The van der Waals surface area contributed by atoms with E-state index in [1.165, 1.54) is 6.08 Å². The van der Waals surface area contributed by atoms with Gasteiger partial charge in [0.2, 0.25) is 0 Å². The van der Waals surface area contributed by atoms with Crippen LogP contribution in [0.5, 0.6) is 11.5 Å². The molecule has 0 fully saturated rings. The SMILES string of the molecule is CCOc1cc(C=CC(=O)O)c(Br)c(Br)c1O. The van der Waals surface area contributed by atoms with Crippen LogP contribution in [0.25, 0.3) is 6.08 Å². The van der Waals surface area contributed by atoms with Crippen molar-refractivity contribution in [1.82, 2.24) is 0 Å². The van der Waals surface area contributed by atoms with Gasteiger partial charge < -0.3 is 14.9 Å². The van der Waals surface area contributed by atoms with E-state index in [1.807, 2.05) is 0 Å². The van der Waals surface area contributed by atoms with Gasteiger partial charge >= 0.3 is 5.97 Å². The highest BCUT2D eigenvalue weighted by molar-refractivity contribution is 9.13. The molecule has 0 aliphatic heterocycles. The number of aliphatic carboxylic acids is 1. The molecular formula is C11H10Br2O4. The summed E-state index contributed by atoms with van der Waals surface area (Å²) in [7, 11) is 0. The molecular weight excluding hydrogens is 356 g/mol. The average molecular weight is 366 g/mol. The van der Waals surface area contributed by atoms with Crippen molar-refractivity contribution < 1.29 is 19.7 Å². The number of carbonyl (C=O) groups is 1. The van der Waals surface area contributed by atoms with Crippen molar-refractivity contribution in [1.29, 1.82) is 0 Å². The van der Waals surface area contributed by atoms with Crippen molar-refractivity contribution in [2.45, 2.75) is 6.92 Å². The highest BCUT2D eigenvalue weighted by atomic mass is 79.9. The molecule has 17 heavy (non-hydrogen) atoms. The molecule has 0 aromatic heterocycles. The number of aromatic hydroxyl groups is 1. The van der Waals surface area contributed by atoms with Crippen molar-refractivity contribution in [3.63, 3.8) is 0 Å². The van der Waals surface area contributed by atoms with Gasteiger partial charge in [-0.05, 0) is 56.5 Å². The third-order valence-electron chi connectivity index (χ3n) is 1.88. The summed E-state index contributed by atoms with van der Waals surface area (Å²) in [4.78, 5) is 10.5. The molecule has 92 valence electrons. The number of benzene rings is 1. The maximum Gasteiger partial charge on any atom is 0.328 e. The second kappa shape index (κ2) is 6.07. The van der Waals surface area contributed by atoms with E-state index in [2.05, 4.69) is 31.9 Å². The first-order valence-corrected chi connectivity index (χ1v) is 6.30. The van der Waals surface area contributed by atoms with Gasteiger partial charge in [0, 0.05) is 10.5 Å². The molecule has 0 heterocycles. The fourth-order valence-electron chi connectivity index (χ4n) is 1.16. The van der Waals surface area contributed by atoms with Crippen LogP contribution in [0.2, 0.25) is 0 Å². The van der Waals surface area contributed by atoms with Crippen molar-refractivity contribution in [3.8, 4) is 11.5 Å². The van der Waals surface area contributed by atoms with Crippen LogP contribution in [0, 0.1) is 0 Å². The minimum absolute atomic E-state index is 0.0220. The normalized spacial score (nSPS) is 10.8. The number of phenolic OH excluding ortho intramolecular Hbond substituents is 1. The summed E-state index contributed by atoms with van der Waals surface area (Å²) in [6.45, 7) is 2.20. The third-order valence-corrected chi connectivity index (χ3v) is 4.04. The van der Waals surface area contributed by atoms with Gasteiger partial charge in [-0.25, -0.2) is 4.79 Å². The van der Waals surface area contributed by atoms with Crippen LogP contribution in [-0.4, -0.2) is 22.8 Å². The van der Waals surface area contributed by atoms with Gasteiger partial charge in [-0.15, -0.1) is 0 Å². The zero-order valence-electron chi connectivity index (χ0n) is 8.91. The van der Waals surface area contributed by atoms with E-state index in [4.69, 9.17) is 9.84 Å². The fourth-order valence-corrected chi connectivity index (χ4v) is 2.02. The molecule has 0 aliphatic carbocycles. The Morgan fingerprint density at radius 3 is 2.65 bits per heavy atom. The first-order chi connectivity index (χ1) is 7.97. The summed E-state index contributed by atoms with van der Waals surface area (Å²) >= 11 is 6.46. The van der Waals surface area contributed by atoms with Crippen LogP contribution in [0.15, 0.2) is 21.1 Å². The summed E-state index contributed by atoms with van der Waals surface area (Å²) in [5.41, 5.74) is 0.598. The van der Waals surface area contributed by atoms with Crippen LogP contribution in [0.4, 0.5) is 0 Å². The van der Waals surface area contributed by atoms with Crippen LogP contribution in [0.1, 0.15) is 12.5 Å². The van der Waals surface area contributed by atoms with E-state index in [-0.39, 0.29) is 5.75 Å². The molecule has 4 nitrogen and oxygen atoms in total. The van der Waals surface area contributed by atoms with Crippen LogP contribution >= 0.6 is 31.9 Å². The minimum Gasteiger partial charge on any atom is -0.503 e. The van der Waals surface area contributed by atoms with Crippen molar-refractivity contribution in [3.05, 3.63) is 26.7 Å². The zero-order chi connectivity index (χ0) is 13.0. The molecule has 1 aromatic carbocycles. The minimum atomic E-state index is -1.04. The third kappa shape index (κ3) is 3.47. The zero-order valence-corrected chi connectivity index (χ0v) is 12.1.